The van der Waals surface area contributed by atoms with Gasteiger partial charge in [-0.05, 0) is 49.2 Å². The van der Waals surface area contributed by atoms with Crippen LogP contribution in [0.2, 0.25) is 5.02 Å². The van der Waals surface area contributed by atoms with Crippen LogP contribution in [0.1, 0.15) is 36.2 Å². The number of benzene rings is 2. The molecule has 0 aliphatic heterocycles. The van der Waals surface area contributed by atoms with Crippen LogP contribution in [0.15, 0.2) is 41.5 Å². The molecule has 0 saturated carbocycles. The lowest BCUT2D eigenvalue weighted by atomic mass is 10.2. The van der Waals surface area contributed by atoms with Gasteiger partial charge < -0.3 is 14.4 Å². The van der Waals surface area contributed by atoms with E-state index in [1.54, 1.807) is 31.4 Å². The number of hydrogen-bond donors (Lipinski definition) is 1. The van der Waals surface area contributed by atoms with Crippen LogP contribution in [0.4, 0.5) is 5.69 Å². The molecule has 0 aliphatic rings. The number of carbonyl (C=O) groups excluding carboxylic acids is 1. The minimum absolute atomic E-state index is 0.0168. The van der Waals surface area contributed by atoms with E-state index in [0.29, 0.717) is 27.6 Å². The second kappa shape index (κ2) is 9.99. The van der Waals surface area contributed by atoms with Gasteiger partial charge in [-0.15, -0.1) is 0 Å². The lowest BCUT2D eigenvalue weighted by molar-refractivity contribution is 0.0955. The number of amides is 1. The molecule has 7 heteroatoms. The minimum Gasteiger partial charge on any atom is -0.493 e. The maximum absolute atomic E-state index is 12.3. The van der Waals surface area contributed by atoms with E-state index < -0.39 is 0 Å². The first kappa shape index (κ1) is 21.6. The van der Waals surface area contributed by atoms with Gasteiger partial charge >= 0.3 is 0 Å². The summed E-state index contributed by atoms with van der Waals surface area (Å²) >= 11 is 6.34. The Hall–Kier alpha value is -2.73. The van der Waals surface area contributed by atoms with Crippen molar-refractivity contribution in [2.75, 3.05) is 26.1 Å². The summed E-state index contributed by atoms with van der Waals surface area (Å²) in [6.45, 7) is 3.99. The summed E-state index contributed by atoms with van der Waals surface area (Å²) in [7, 11) is 5.39. The highest BCUT2D eigenvalue weighted by Gasteiger charge is 2.14. The number of ether oxygens (including phenoxy) is 2. The number of hydrogen-bond acceptors (Lipinski definition) is 5. The Kier molecular flexibility index (Phi) is 7.70. The van der Waals surface area contributed by atoms with Gasteiger partial charge in [-0.1, -0.05) is 24.6 Å². The minimum atomic E-state index is -0.297. The topological polar surface area (TPSA) is 63.2 Å². The average molecular weight is 404 g/mol. The predicted molar refractivity (Wildman–Crippen MR) is 114 cm³/mol. The van der Waals surface area contributed by atoms with Crippen molar-refractivity contribution in [2.24, 2.45) is 5.10 Å². The number of carbonyl (C=O) groups is 1. The van der Waals surface area contributed by atoms with Crippen LogP contribution in [0.5, 0.6) is 11.5 Å². The van der Waals surface area contributed by atoms with Crippen molar-refractivity contribution in [1.29, 1.82) is 0 Å². The van der Waals surface area contributed by atoms with E-state index in [4.69, 9.17) is 21.1 Å². The van der Waals surface area contributed by atoms with Crippen molar-refractivity contribution in [1.82, 2.24) is 5.43 Å². The van der Waals surface area contributed by atoms with Crippen LogP contribution in [-0.2, 0) is 0 Å². The quantitative estimate of drug-likeness (QED) is 0.525. The zero-order valence-corrected chi connectivity index (χ0v) is 17.6. The smallest absolute Gasteiger partial charge is 0.271 e. The highest BCUT2D eigenvalue weighted by Crippen LogP contribution is 2.37. The number of nitrogens with zero attached hydrogens (tertiary/aromatic N) is 2. The highest BCUT2D eigenvalue weighted by molar-refractivity contribution is 6.32. The molecule has 1 N–H and O–H groups in total. The highest BCUT2D eigenvalue weighted by atomic mass is 35.5. The van der Waals surface area contributed by atoms with E-state index in [0.717, 1.165) is 12.1 Å². The lowest BCUT2D eigenvalue weighted by Gasteiger charge is -2.17. The van der Waals surface area contributed by atoms with Gasteiger partial charge in [0.05, 0.1) is 24.5 Å². The number of hydrazone groups is 1. The summed E-state index contributed by atoms with van der Waals surface area (Å²) in [6, 6.07) is 10.8. The van der Waals surface area contributed by atoms with Gasteiger partial charge in [-0.25, -0.2) is 5.43 Å². The third kappa shape index (κ3) is 5.63. The molecule has 0 aliphatic carbocycles. The van der Waals surface area contributed by atoms with E-state index in [9.17, 15) is 4.79 Å². The first-order chi connectivity index (χ1) is 13.3. The normalized spacial score (nSPS) is 11.9. The SMILES string of the molecule is CCC(C)Oc1c(Cl)cc(C=NNC(=O)c2cccc(N(C)C)c2)cc1OC. The van der Waals surface area contributed by atoms with Crippen LogP contribution in [0.3, 0.4) is 0 Å². The van der Waals surface area contributed by atoms with Crippen molar-refractivity contribution >= 4 is 29.4 Å². The van der Waals surface area contributed by atoms with Gasteiger partial charge in [0.1, 0.15) is 0 Å². The fourth-order valence-corrected chi connectivity index (χ4v) is 2.63. The Morgan fingerprint density at radius 2 is 2.07 bits per heavy atom. The zero-order valence-electron chi connectivity index (χ0n) is 16.8. The first-order valence-electron chi connectivity index (χ1n) is 9.00. The number of rotatable bonds is 8. The maximum Gasteiger partial charge on any atom is 0.271 e. The van der Waals surface area contributed by atoms with Crippen LogP contribution >= 0.6 is 11.6 Å². The summed E-state index contributed by atoms with van der Waals surface area (Å²) in [4.78, 5) is 14.2. The monoisotopic (exact) mass is 403 g/mol. The molecular formula is C21H26ClN3O3. The van der Waals surface area contributed by atoms with Crippen LogP contribution in [-0.4, -0.2) is 39.4 Å². The predicted octanol–water partition coefficient (Wildman–Crippen LogP) is 4.36. The molecule has 1 amide bonds. The summed E-state index contributed by atoms with van der Waals surface area (Å²) in [5.41, 5.74) is 4.66. The van der Waals surface area contributed by atoms with Gasteiger partial charge in [0.2, 0.25) is 0 Å². The molecule has 6 nitrogen and oxygen atoms in total. The molecule has 2 rings (SSSR count). The summed E-state index contributed by atoms with van der Waals surface area (Å²) < 4.78 is 11.2. The molecule has 28 heavy (non-hydrogen) atoms. The van der Waals surface area contributed by atoms with E-state index >= 15 is 0 Å². The van der Waals surface area contributed by atoms with Gasteiger partial charge in [-0.2, -0.15) is 5.10 Å². The first-order valence-corrected chi connectivity index (χ1v) is 9.38. The van der Waals surface area contributed by atoms with E-state index in [2.05, 4.69) is 10.5 Å². The molecule has 0 radical (unpaired) electrons. The molecule has 0 heterocycles. The van der Waals surface area contributed by atoms with Crippen molar-refractivity contribution in [2.45, 2.75) is 26.4 Å². The van der Waals surface area contributed by atoms with Crippen LogP contribution in [0.25, 0.3) is 0 Å². The van der Waals surface area contributed by atoms with Crippen molar-refractivity contribution in [3.05, 3.63) is 52.5 Å². The van der Waals surface area contributed by atoms with Crippen molar-refractivity contribution in [3.8, 4) is 11.5 Å². The number of methoxy groups -OCH3 is 1. The molecule has 1 unspecified atom stereocenters. The molecule has 2 aromatic carbocycles. The van der Waals surface area contributed by atoms with Gasteiger partial charge in [0.15, 0.2) is 11.5 Å². The molecule has 0 bridgehead atoms. The molecule has 150 valence electrons. The summed E-state index contributed by atoms with van der Waals surface area (Å²) in [5.74, 6) is 0.717. The zero-order chi connectivity index (χ0) is 20.7. The van der Waals surface area contributed by atoms with E-state index in [-0.39, 0.29) is 12.0 Å². The Morgan fingerprint density at radius 3 is 2.71 bits per heavy atom. The maximum atomic E-state index is 12.3. The molecule has 0 spiro atoms. The Labute approximate surface area is 171 Å². The van der Waals surface area contributed by atoms with Gasteiger partial charge in [0.25, 0.3) is 5.91 Å². The van der Waals surface area contributed by atoms with Crippen molar-refractivity contribution < 1.29 is 14.3 Å². The van der Waals surface area contributed by atoms with Crippen LogP contribution in [0, 0.1) is 0 Å². The molecule has 1 atom stereocenters. The van der Waals surface area contributed by atoms with E-state index in [1.807, 2.05) is 45.0 Å². The molecule has 0 fully saturated rings. The molecule has 0 saturated heterocycles. The van der Waals surface area contributed by atoms with E-state index in [1.165, 1.54) is 6.21 Å². The van der Waals surface area contributed by atoms with Crippen LogP contribution < -0.4 is 19.8 Å². The molecule has 0 aromatic heterocycles. The summed E-state index contributed by atoms with van der Waals surface area (Å²) in [6.07, 6.45) is 2.38. The fraction of sp³-hybridized carbons (Fsp3) is 0.333. The Balaban J connectivity index is 2.12. The average Bonchev–Trinajstić information content (AvgIpc) is 2.69. The fourth-order valence-electron chi connectivity index (χ4n) is 2.37. The third-order valence-electron chi connectivity index (χ3n) is 4.15. The second-order valence-corrected chi connectivity index (χ2v) is 6.92. The molecule has 2 aromatic rings. The number of anilines is 1. The number of halogens is 1. The molecular weight excluding hydrogens is 378 g/mol. The summed E-state index contributed by atoms with van der Waals surface area (Å²) in [5, 5.41) is 4.44. The third-order valence-corrected chi connectivity index (χ3v) is 4.43. The lowest BCUT2D eigenvalue weighted by Crippen LogP contribution is -2.18. The Bertz CT molecular complexity index is 853. The van der Waals surface area contributed by atoms with Gasteiger partial charge in [0, 0.05) is 25.3 Å². The van der Waals surface area contributed by atoms with Gasteiger partial charge in [-0.3, -0.25) is 4.79 Å². The Morgan fingerprint density at radius 1 is 1.32 bits per heavy atom. The van der Waals surface area contributed by atoms with Crippen molar-refractivity contribution in [3.63, 3.8) is 0 Å². The largest absolute Gasteiger partial charge is 0.493 e. The second-order valence-electron chi connectivity index (χ2n) is 6.51. The standard InChI is InChI=1S/C21H26ClN3O3/c1-6-14(2)28-20-18(22)10-15(11-19(20)27-5)13-23-24-21(26)16-8-7-9-17(12-16)25(3)4/h7-14H,6H2,1-5H3,(H,24,26). The number of nitrogens with one attached hydrogen (secondary N) is 1.